The molecule has 0 spiro atoms. The number of carbonyl (C=O) groups is 1. The zero-order chi connectivity index (χ0) is 28.6. The summed E-state index contributed by atoms with van der Waals surface area (Å²) in [6, 6.07) is 10.9. The molecule has 2 aromatic carbocycles. The van der Waals surface area contributed by atoms with Gasteiger partial charge >= 0.3 is 5.97 Å². The largest absolute Gasteiger partial charge is 0.497 e. The summed E-state index contributed by atoms with van der Waals surface area (Å²) in [4.78, 5) is 35.1. The number of aryl methyl sites for hydroxylation is 1. The molecule has 210 valence electrons. The van der Waals surface area contributed by atoms with Crippen LogP contribution in [-0.2, 0) is 9.53 Å². The number of carbonyl (C=O) groups excluding carboxylic acids is 1. The molecule has 0 radical (unpaired) electrons. The Morgan fingerprint density at radius 2 is 1.82 bits per heavy atom. The van der Waals surface area contributed by atoms with Crippen molar-refractivity contribution in [3.63, 3.8) is 0 Å². The van der Waals surface area contributed by atoms with Crippen LogP contribution in [0.2, 0.25) is 0 Å². The summed E-state index contributed by atoms with van der Waals surface area (Å²) in [5.74, 6) is 0.588. The van der Waals surface area contributed by atoms with E-state index in [0.717, 1.165) is 24.2 Å². The summed E-state index contributed by atoms with van der Waals surface area (Å²) in [5, 5.41) is 0. The van der Waals surface area contributed by atoms with Crippen molar-refractivity contribution in [1.29, 1.82) is 0 Å². The molecule has 0 saturated carbocycles. The number of allylic oxidation sites excluding steroid dienone is 1. The van der Waals surface area contributed by atoms with E-state index in [4.69, 9.17) is 19.2 Å². The van der Waals surface area contributed by atoms with Gasteiger partial charge in [-0.1, -0.05) is 17.4 Å². The average molecular weight is 562 g/mol. The third kappa shape index (κ3) is 5.18. The SMILES string of the molecule is COc1ccc(OC)c([C@H]2C(C(=O)OC(C)C)=C(C)N=c3s/c(=C\c4ccc(N5CCCC5)cc4C)c(=O)n32)c1. The molecule has 40 heavy (non-hydrogen) atoms. The van der Waals surface area contributed by atoms with Crippen LogP contribution >= 0.6 is 11.3 Å². The first-order valence-electron chi connectivity index (χ1n) is 13.5. The Bertz CT molecular complexity index is 1660. The smallest absolute Gasteiger partial charge is 0.338 e. The zero-order valence-electron chi connectivity index (χ0n) is 23.8. The maximum atomic E-state index is 14.1. The Labute approximate surface area is 237 Å². The Hall–Kier alpha value is -3.85. The molecule has 0 aliphatic carbocycles. The van der Waals surface area contributed by atoms with Gasteiger partial charge in [0.2, 0.25) is 0 Å². The lowest BCUT2D eigenvalue weighted by Gasteiger charge is -2.26. The minimum Gasteiger partial charge on any atom is -0.497 e. The Morgan fingerprint density at radius 3 is 2.48 bits per heavy atom. The third-order valence-electron chi connectivity index (χ3n) is 7.33. The number of esters is 1. The fourth-order valence-electron chi connectivity index (χ4n) is 5.34. The van der Waals surface area contributed by atoms with Gasteiger partial charge in [0, 0.05) is 24.3 Å². The Kier molecular flexibility index (Phi) is 7.85. The molecule has 1 saturated heterocycles. The van der Waals surface area contributed by atoms with Crippen molar-refractivity contribution in [3.05, 3.63) is 84.0 Å². The molecule has 1 fully saturated rings. The number of thiazole rings is 1. The highest BCUT2D eigenvalue weighted by atomic mass is 32.1. The first-order valence-corrected chi connectivity index (χ1v) is 14.3. The molecule has 2 aliphatic rings. The lowest BCUT2D eigenvalue weighted by atomic mass is 9.94. The predicted octanol–water partition coefficient (Wildman–Crippen LogP) is 4.11. The molecular formula is C31H35N3O5S. The molecule has 2 aliphatic heterocycles. The number of aromatic nitrogens is 1. The third-order valence-corrected chi connectivity index (χ3v) is 8.31. The first-order chi connectivity index (χ1) is 19.2. The molecular weight excluding hydrogens is 526 g/mol. The van der Waals surface area contributed by atoms with Crippen molar-refractivity contribution in [1.82, 2.24) is 4.57 Å². The van der Waals surface area contributed by atoms with Gasteiger partial charge in [0.25, 0.3) is 5.56 Å². The van der Waals surface area contributed by atoms with Gasteiger partial charge in [-0.3, -0.25) is 9.36 Å². The number of methoxy groups -OCH3 is 2. The fourth-order valence-corrected chi connectivity index (χ4v) is 6.38. The van der Waals surface area contributed by atoms with E-state index in [2.05, 4.69) is 30.0 Å². The molecule has 1 aromatic heterocycles. The molecule has 0 unspecified atom stereocenters. The number of nitrogens with zero attached hydrogens (tertiary/aromatic N) is 3. The highest BCUT2D eigenvalue weighted by Gasteiger charge is 2.35. The molecule has 5 rings (SSSR count). The molecule has 3 aromatic rings. The standard InChI is InChI=1S/C31H35N3O5S/c1-18(2)39-30(36)27-20(4)32-31-34(28(27)24-17-23(37-5)11-12-25(24)38-6)29(35)26(40-31)16-21-9-10-22(15-19(21)3)33-13-7-8-14-33/h9-12,15-18,28H,7-8,13-14H2,1-6H3/b26-16-/t28-/m0/s1. The lowest BCUT2D eigenvalue weighted by Crippen LogP contribution is -2.40. The van der Waals surface area contributed by atoms with Crippen LogP contribution in [0.1, 0.15) is 56.3 Å². The van der Waals surface area contributed by atoms with Crippen LogP contribution < -0.4 is 29.3 Å². The van der Waals surface area contributed by atoms with Crippen molar-refractivity contribution >= 4 is 29.1 Å². The molecule has 0 N–H and O–H groups in total. The highest BCUT2D eigenvalue weighted by Crippen LogP contribution is 2.38. The lowest BCUT2D eigenvalue weighted by molar-refractivity contribution is -0.143. The van der Waals surface area contributed by atoms with Crippen molar-refractivity contribution in [3.8, 4) is 11.5 Å². The quantitative estimate of drug-likeness (QED) is 0.404. The number of rotatable bonds is 7. The fraction of sp³-hybridized carbons (Fsp3) is 0.387. The summed E-state index contributed by atoms with van der Waals surface area (Å²) >= 11 is 1.31. The van der Waals surface area contributed by atoms with Crippen molar-refractivity contribution in [2.75, 3.05) is 32.2 Å². The van der Waals surface area contributed by atoms with Crippen LogP contribution in [0.5, 0.6) is 11.5 Å². The molecule has 0 amide bonds. The van der Waals surface area contributed by atoms with E-state index >= 15 is 0 Å². The molecule has 8 nitrogen and oxygen atoms in total. The Balaban J connectivity index is 1.68. The van der Waals surface area contributed by atoms with Crippen LogP contribution in [0.4, 0.5) is 5.69 Å². The molecule has 0 bridgehead atoms. The van der Waals surface area contributed by atoms with E-state index in [1.807, 2.05) is 6.08 Å². The second kappa shape index (κ2) is 11.3. The van der Waals surface area contributed by atoms with Crippen LogP contribution in [-0.4, -0.2) is 43.9 Å². The zero-order valence-corrected chi connectivity index (χ0v) is 24.6. The van der Waals surface area contributed by atoms with Crippen molar-refractivity contribution in [2.45, 2.75) is 52.7 Å². The molecule has 3 heterocycles. The van der Waals surface area contributed by atoms with Crippen molar-refractivity contribution < 1.29 is 19.0 Å². The number of hydrogen-bond acceptors (Lipinski definition) is 8. The Morgan fingerprint density at radius 1 is 1.07 bits per heavy atom. The van der Waals surface area contributed by atoms with Crippen molar-refractivity contribution in [2.24, 2.45) is 4.99 Å². The number of benzene rings is 2. The molecule has 9 heteroatoms. The van der Waals surface area contributed by atoms with Gasteiger partial charge in [-0.2, -0.15) is 0 Å². The summed E-state index contributed by atoms with van der Waals surface area (Å²) in [5.41, 5.74) is 4.46. The maximum Gasteiger partial charge on any atom is 0.338 e. The van der Waals surface area contributed by atoms with E-state index in [9.17, 15) is 9.59 Å². The number of fused-ring (bicyclic) bond motifs is 1. The van der Waals surface area contributed by atoms with Gasteiger partial charge in [0.15, 0.2) is 4.80 Å². The minimum absolute atomic E-state index is 0.232. The van der Waals surface area contributed by atoms with E-state index < -0.39 is 12.0 Å². The normalized spacial score (nSPS) is 17.2. The molecule has 1 atom stereocenters. The summed E-state index contributed by atoms with van der Waals surface area (Å²) in [6.07, 6.45) is 4.01. The summed E-state index contributed by atoms with van der Waals surface area (Å²) in [7, 11) is 3.13. The van der Waals surface area contributed by atoms with Gasteiger partial charge in [0.05, 0.1) is 36.1 Å². The van der Waals surface area contributed by atoms with Crippen LogP contribution in [0.15, 0.2) is 57.5 Å². The van der Waals surface area contributed by atoms with E-state index in [1.165, 1.54) is 29.9 Å². The first kappa shape index (κ1) is 27.7. The van der Waals surface area contributed by atoms with E-state index in [1.54, 1.807) is 57.8 Å². The number of ether oxygens (including phenoxy) is 3. The predicted molar refractivity (Wildman–Crippen MR) is 157 cm³/mol. The minimum atomic E-state index is -0.798. The van der Waals surface area contributed by atoms with Gasteiger partial charge < -0.3 is 19.1 Å². The second-order valence-electron chi connectivity index (χ2n) is 10.4. The number of anilines is 1. The number of hydrogen-bond donors (Lipinski definition) is 0. The van der Waals surface area contributed by atoms with Crippen LogP contribution in [0, 0.1) is 6.92 Å². The van der Waals surface area contributed by atoms with Crippen LogP contribution in [0.25, 0.3) is 6.08 Å². The monoisotopic (exact) mass is 561 g/mol. The second-order valence-corrected chi connectivity index (χ2v) is 11.4. The van der Waals surface area contributed by atoms with E-state index in [0.29, 0.717) is 37.7 Å². The van der Waals surface area contributed by atoms with Crippen LogP contribution in [0.3, 0.4) is 0 Å². The summed E-state index contributed by atoms with van der Waals surface area (Å²) in [6.45, 7) is 9.58. The van der Waals surface area contributed by atoms with E-state index in [-0.39, 0.29) is 11.7 Å². The van der Waals surface area contributed by atoms with Gasteiger partial charge in [-0.25, -0.2) is 9.79 Å². The average Bonchev–Trinajstić information content (AvgIpc) is 3.57. The topological polar surface area (TPSA) is 82.4 Å². The van der Waals surface area contributed by atoms with Gasteiger partial charge in [-0.15, -0.1) is 0 Å². The van der Waals surface area contributed by atoms with Gasteiger partial charge in [-0.05, 0) is 88.1 Å². The maximum absolute atomic E-state index is 14.1. The van der Waals surface area contributed by atoms with Gasteiger partial charge in [0.1, 0.15) is 17.5 Å². The highest BCUT2D eigenvalue weighted by molar-refractivity contribution is 7.07. The summed E-state index contributed by atoms with van der Waals surface area (Å²) < 4.78 is 18.9.